The van der Waals surface area contributed by atoms with E-state index in [9.17, 15) is 13.2 Å². The molecule has 3 nitrogen and oxygen atoms in total. The van der Waals surface area contributed by atoms with Crippen molar-refractivity contribution in [3.05, 3.63) is 47.5 Å². The Labute approximate surface area is 115 Å². The van der Waals surface area contributed by atoms with Crippen molar-refractivity contribution in [3.8, 4) is 5.69 Å². The molecule has 0 spiro atoms. The van der Waals surface area contributed by atoms with Crippen LogP contribution in [0.5, 0.6) is 0 Å². The van der Waals surface area contributed by atoms with E-state index in [1.807, 2.05) is 6.92 Å². The highest BCUT2D eigenvalue weighted by Gasteiger charge is 2.31. The highest BCUT2D eigenvalue weighted by molar-refractivity contribution is 5.45. The molecular formula is C14H16F3N3. The van der Waals surface area contributed by atoms with Gasteiger partial charge in [0.15, 0.2) is 0 Å². The molecule has 0 aliphatic carbocycles. The molecule has 0 unspecified atom stereocenters. The number of aryl methyl sites for hydroxylation is 1. The molecule has 6 heteroatoms. The third kappa shape index (κ3) is 2.70. The van der Waals surface area contributed by atoms with Gasteiger partial charge in [-0.05, 0) is 31.0 Å². The van der Waals surface area contributed by atoms with Crippen LogP contribution in [-0.2, 0) is 6.18 Å². The van der Waals surface area contributed by atoms with Gasteiger partial charge in [-0.25, -0.2) is 4.98 Å². The van der Waals surface area contributed by atoms with Crippen LogP contribution in [0, 0.1) is 6.92 Å². The number of imidazole rings is 1. The normalized spacial score (nSPS) is 13.5. The number of alkyl halides is 3. The lowest BCUT2D eigenvalue weighted by Gasteiger charge is -2.16. The van der Waals surface area contributed by atoms with Crippen molar-refractivity contribution in [1.82, 2.24) is 9.55 Å². The van der Waals surface area contributed by atoms with Crippen LogP contribution in [-0.4, -0.2) is 9.55 Å². The molecule has 0 saturated carbocycles. The minimum atomic E-state index is -4.37. The van der Waals surface area contributed by atoms with E-state index in [1.54, 1.807) is 17.7 Å². The van der Waals surface area contributed by atoms with Gasteiger partial charge in [0.1, 0.15) is 0 Å². The molecule has 0 amide bonds. The predicted octanol–water partition coefficient (Wildman–Crippen LogP) is 3.61. The zero-order valence-corrected chi connectivity index (χ0v) is 11.3. The summed E-state index contributed by atoms with van der Waals surface area (Å²) in [6.45, 7) is 3.68. The minimum absolute atomic E-state index is 0.258. The molecular weight excluding hydrogens is 267 g/mol. The van der Waals surface area contributed by atoms with E-state index in [4.69, 9.17) is 5.73 Å². The Morgan fingerprint density at radius 2 is 2.05 bits per heavy atom. The largest absolute Gasteiger partial charge is 0.416 e. The summed E-state index contributed by atoms with van der Waals surface area (Å²) in [6, 6.07) is 3.41. The summed E-state index contributed by atoms with van der Waals surface area (Å²) in [5.41, 5.74) is 7.18. The molecule has 1 aromatic heterocycles. The van der Waals surface area contributed by atoms with Crippen LogP contribution >= 0.6 is 0 Å². The van der Waals surface area contributed by atoms with Gasteiger partial charge in [0.25, 0.3) is 0 Å². The molecule has 1 atom stereocenters. The quantitative estimate of drug-likeness (QED) is 0.935. The van der Waals surface area contributed by atoms with Gasteiger partial charge in [-0.3, -0.25) is 0 Å². The second kappa shape index (κ2) is 5.28. The van der Waals surface area contributed by atoms with Crippen molar-refractivity contribution in [1.29, 1.82) is 0 Å². The standard InChI is InChI=1S/C14H16F3N3/c1-3-11(18)13-7-19-8-20(13)12-6-10(14(15,16)17)5-4-9(12)2/h4-8,11H,3,18H2,1-2H3/t11-/m1/s1. The van der Waals surface area contributed by atoms with E-state index in [1.165, 1.54) is 12.4 Å². The van der Waals surface area contributed by atoms with Crippen LogP contribution in [0.3, 0.4) is 0 Å². The number of hydrogen-bond donors (Lipinski definition) is 1. The van der Waals surface area contributed by atoms with E-state index in [2.05, 4.69) is 4.98 Å². The number of nitrogens with zero attached hydrogens (tertiary/aromatic N) is 2. The third-order valence-corrected chi connectivity index (χ3v) is 3.28. The summed E-state index contributed by atoms with van der Waals surface area (Å²) in [4.78, 5) is 4.00. The lowest BCUT2D eigenvalue weighted by molar-refractivity contribution is -0.137. The van der Waals surface area contributed by atoms with Crippen LogP contribution in [0.15, 0.2) is 30.7 Å². The summed E-state index contributed by atoms with van der Waals surface area (Å²) in [6.07, 6.45) is -0.596. The molecule has 2 rings (SSSR count). The number of nitrogens with two attached hydrogens (primary N) is 1. The maximum atomic E-state index is 12.8. The Hall–Kier alpha value is -1.82. The number of rotatable bonds is 3. The van der Waals surface area contributed by atoms with Gasteiger partial charge in [0, 0.05) is 6.04 Å². The fraction of sp³-hybridized carbons (Fsp3) is 0.357. The number of benzene rings is 1. The van der Waals surface area contributed by atoms with Crippen LogP contribution in [0.2, 0.25) is 0 Å². The number of hydrogen-bond acceptors (Lipinski definition) is 2. The molecule has 0 aliphatic rings. The summed E-state index contributed by atoms with van der Waals surface area (Å²) in [5.74, 6) is 0. The second-order valence-electron chi connectivity index (χ2n) is 4.70. The van der Waals surface area contributed by atoms with Gasteiger partial charge in [-0.1, -0.05) is 13.0 Å². The maximum Gasteiger partial charge on any atom is 0.416 e. The Kier molecular flexibility index (Phi) is 3.85. The molecule has 0 bridgehead atoms. The Morgan fingerprint density at radius 1 is 1.35 bits per heavy atom. The summed E-state index contributed by atoms with van der Waals surface area (Å²) in [7, 11) is 0. The summed E-state index contributed by atoms with van der Waals surface area (Å²) < 4.78 is 40.1. The monoisotopic (exact) mass is 283 g/mol. The predicted molar refractivity (Wildman–Crippen MR) is 70.5 cm³/mol. The van der Waals surface area contributed by atoms with Crippen LogP contribution < -0.4 is 5.73 Å². The van der Waals surface area contributed by atoms with Crippen LogP contribution in [0.4, 0.5) is 13.2 Å². The highest BCUT2D eigenvalue weighted by atomic mass is 19.4. The highest BCUT2D eigenvalue weighted by Crippen LogP contribution is 2.32. The molecule has 20 heavy (non-hydrogen) atoms. The van der Waals surface area contributed by atoms with E-state index >= 15 is 0 Å². The lowest BCUT2D eigenvalue weighted by Crippen LogP contribution is -2.14. The smallest absolute Gasteiger partial charge is 0.323 e. The van der Waals surface area contributed by atoms with E-state index in [-0.39, 0.29) is 6.04 Å². The average Bonchev–Trinajstić information content (AvgIpc) is 2.86. The van der Waals surface area contributed by atoms with E-state index < -0.39 is 11.7 Å². The van der Waals surface area contributed by atoms with Crippen LogP contribution in [0.25, 0.3) is 5.69 Å². The molecule has 108 valence electrons. The van der Waals surface area contributed by atoms with Crippen LogP contribution in [0.1, 0.15) is 36.2 Å². The first kappa shape index (κ1) is 14.6. The Morgan fingerprint density at radius 3 is 2.65 bits per heavy atom. The first-order chi connectivity index (χ1) is 9.34. The third-order valence-electron chi connectivity index (χ3n) is 3.28. The molecule has 2 aromatic rings. The van der Waals surface area contributed by atoms with Crippen molar-refractivity contribution < 1.29 is 13.2 Å². The first-order valence-electron chi connectivity index (χ1n) is 6.30. The maximum absolute atomic E-state index is 12.8. The van der Waals surface area contributed by atoms with Crippen molar-refractivity contribution >= 4 is 0 Å². The van der Waals surface area contributed by atoms with Crippen molar-refractivity contribution in [3.63, 3.8) is 0 Å². The van der Waals surface area contributed by atoms with Crippen molar-refractivity contribution in [2.24, 2.45) is 5.73 Å². The van der Waals surface area contributed by atoms with Gasteiger partial charge < -0.3 is 10.3 Å². The fourth-order valence-corrected chi connectivity index (χ4v) is 2.04. The number of halogens is 3. The Balaban J connectivity index is 2.55. The van der Waals surface area contributed by atoms with Crippen molar-refractivity contribution in [2.75, 3.05) is 0 Å². The first-order valence-corrected chi connectivity index (χ1v) is 6.30. The SMILES string of the molecule is CC[C@@H](N)c1cncn1-c1cc(C(F)(F)F)ccc1C. The second-order valence-corrected chi connectivity index (χ2v) is 4.70. The Bertz CT molecular complexity index is 602. The van der Waals surface area contributed by atoms with Gasteiger partial charge in [-0.2, -0.15) is 13.2 Å². The van der Waals surface area contributed by atoms with Gasteiger partial charge in [0.05, 0.1) is 29.5 Å². The van der Waals surface area contributed by atoms with Gasteiger partial charge in [-0.15, -0.1) is 0 Å². The van der Waals surface area contributed by atoms with Gasteiger partial charge >= 0.3 is 6.18 Å². The van der Waals surface area contributed by atoms with Gasteiger partial charge in [0.2, 0.25) is 0 Å². The minimum Gasteiger partial charge on any atom is -0.323 e. The molecule has 0 aliphatic heterocycles. The summed E-state index contributed by atoms with van der Waals surface area (Å²) >= 11 is 0. The molecule has 2 N–H and O–H groups in total. The topological polar surface area (TPSA) is 43.8 Å². The zero-order chi connectivity index (χ0) is 14.9. The molecule has 1 heterocycles. The fourth-order valence-electron chi connectivity index (χ4n) is 2.04. The average molecular weight is 283 g/mol. The molecule has 1 aromatic carbocycles. The summed E-state index contributed by atoms with van der Waals surface area (Å²) in [5, 5.41) is 0. The van der Waals surface area contributed by atoms with Crippen molar-refractivity contribution in [2.45, 2.75) is 32.5 Å². The van der Waals surface area contributed by atoms with E-state index in [0.29, 0.717) is 17.8 Å². The van der Waals surface area contributed by atoms with E-state index in [0.717, 1.165) is 17.7 Å². The molecule has 0 radical (unpaired) electrons. The molecule has 0 saturated heterocycles. The molecule has 0 fully saturated rings. The number of aromatic nitrogens is 2. The lowest BCUT2D eigenvalue weighted by atomic mass is 10.1. The zero-order valence-electron chi connectivity index (χ0n) is 11.3.